The first-order chi connectivity index (χ1) is 38.5. The number of aromatic nitrogens is 3. The van der Waals surface area contributed by atoms with E-state index in [4.69, 9.17) is 22.3 Å². The Balaban J connectivity index is 1.28. The molecule has 4 heteroatoms. The molecule has 0 aliphatic rings. The van der Waals surface area contributed by atoms with Gasteiger partial charge in [0.15, 0.2) is 0 Å². The van der Waals surface area contributed by atoms with Crippen molar-refractivity contribution in [2.75, 3.05) is 0 Å². The van der Waals surface area contributed by atoms with Crippen molar-refractivity contribution >= 4 is 11.0 Å². The molecule has 4 nitrogen and oxygen atoms in total. The van der Waals surface area contributed by atoms with E-state index in [9.17, 15) is 9.22 Å². The smallest absolute Gasteiger partial charge is 0.149 e. The third kappa shape index (κ3) is 9.62. The summed E-state index contributed by atoms with van der Waals surface area (Å²) in [5.74, 6) is 0.445. The molecule has 0 spiro atoms. The Morgan fingerprint density at radius 1 is 0.535 bits per heavy atom. The molecule has 9 aromatic rings. The summed E-state index contributed by atoms with van der Waals surface area (Å²) in [5, 5.41) is 12.5. The van der Waals surface area contributed by atoms with E-state index in [1.807, 2.05) is 91.2 Å². The molecule has 2 heterocycles. The number of rotatable bonds is 9. The van der Waals surface area contributed by atoms with Crippen LogP contribution in [0.5, 0.6) is 5.75 Å². The number of hydrogen-bond acceptors (Lipinski definition) is 3. The van der Waals surface area contributed by atoms with Gasteiger partial charge < -0.3 is 5.11 Å². The highest BCUT2D eigenvalue weighted by atomic mass is 16.3. The van der Waals surface area contributed by atoms with Gasteiger partial charge in [-0.1, -0.05) is 193 Å². The van der Waals surface area contributed by atoms with Gasteiger partial charge in [0.05, 0.1) is 28.0 Å². The second-order valence-electron chi connectivity index (χ2n) is 21.6. The van der Waals surface area contributed by atoms with Gasteiger partial charge >= 0.3 is 0 Å². The van der Waals surface area contributed by atoms with Gasteiger partial charge in [0, 0.05) is 33.8 Å². The summed E-state index contributed by atoms with van der Waals surface area (Å²) in [6, 6.07) is 47.4. The van der Waals surface area contributed by atoms with Gasteiger partial charge in [0.1, 0.15) is 11.6 Å². The summed E-state index contributed by atoms with van der Waals surface area (Å²) in [6.07, 6.45) is 1.65. The lowest BCUT2D eigenvalue weighted by atomic mass is 9.78. The maximum Gasteiger partial charge on any atom is 0.149 e. The minimum atomic E-state index is -3.40. The number of aromatic hydroxyl groups is 1. The molecule has 0 saturated heterocycles. The maximum absolute atomic E-state index is 12.5. The molecule has 2 aromatic heterocycles. The fraction of sp³-hybridized carbons (Fsp3) is 0.284. The molecular weight excluding hydrogens is 863 g/mol. The Hall–Kier alpha value is -7.04. The molecule has 0 unspecified atom stereocenters. The lowest BCUT2D eigenvalue weighted by Crippen LogP contribution is -2.13. The maximum atomic E-state index is 12.5. The molecule has 0 radical (unpaired) electrons. The number of aryl methyl sites for hydroxylation is 1. The van der Waals surface area contributed by atoms with Crippen molar-refractivity contribution in [1.82, 2.24) is 14.5 Å². The van der Waals surface area contributed by atoms with Gasteiger partial charge in [0.2, 0.25) is 0 Å². The third-order valence-corrected chi connectivity index (χ3v) is 13.7. The highest BCUT2D eigenvalue weighted by Crippen LogP contribution is 2.46. The van der Waals surface area contributed by atoms with Gasteiger partial charge in [-0.15, -0.1) is 0 Å². The number of imidazole rings is 1. The largest absolute Gasteiger partial charge is 0.507 e. The van der Waals surface area contributed by atoms with E-state index in [2.05, 4.69) is 97.9 Å². The number of fused-ring (bicyclic) bond motifs is 1. The number of pyridine rings is 1. The van der Waals surface area contributed by atoms with Crippen LogP contribution < -0.4 is 0 Å². The van der Waals surface area contributed by atoms with Crippen molar-refractivity contribution in [2.45, 2.75) is 125 Å². The molecule has 1 N–H and O–H groups in total. The van der Waals surface area contributed by atoms with E-state index >= 15 is 0 Å². The average Bonchev–Trinajstić information content (AvgIpc) is 2.06. The van der Waals surface area contributed by atoms with Crippen molar-refractivity contribution in [3.05, 3.63) is 191 Å². The van der Waals surface area contributed by atoms with E-state index in [1.165, 1.54) is 24.3 Å². The monoisotopic (exact) mass is 946 g/mol. The number of benzene rings is 7. The first-order valence-corrected chi connectivity index (χ1v) is 24.5. The van der Waals surface area contributed by atoms with Crippen LogP contribution in [-0.2, 0) is 16.2 Å². The first kappa shape index (κ1) is 36.0. The van der Waals surface area contributed by atoms with Gasteiger partial charge in [0.25, 0.3) is 0 Å². The van der Waals surface area contributed by atoms with Gasteiger partial charge in [-0.05, 0) is 156 Å². The fourth-order valence-corrected chi connectivity index (χ4v) is 9.66. The Morgan fingerprint density at radius 3 is 1.92 bits per heavy atom. The zero-order chi connectivity index (χ0) is 60.7. The highest BCUT2D eigenvalue weighted by Gasteiger charge is 2.27. The SMILES string of the molecule is [2H]C([2H])([2H])c1cc(-c2c(-c3ccccc3)cccc2C(C)(C)C)ccc1-n1c(-c2cc(C(C)C)cc(C(C)C)c2O)nc2c(-c3cc(-c4cc(-c5ccc(C(C([2H])([2H])[2H])(C([2H])([2H])[2H])C([2H])([2H])[2H])cc5)ccn4)cc(C(C)(C)C)c3)cccc21. The van der Waals surface area contributed by atoms with Crippen molar-refractivity contribution in [3.8, 4) is 78.6 Å². The quantitative estimate of drug-likeness (QED) is 0.157. The molecular formula is C67H71N3O. The van der Waals surface area contributed by atoms with Crippen molar-refractivity contribution in [3.63, 3.8) is 0 Å². The van der Waals surface area contributed by atoms with E-state index < -0.39 is 32.8 Å². The molecule has 0 saturated carbocycles. The second kappa shape index (κ2) is 18.6. The van der Waals surface area contributed by atoms with Crippen LogP contribution >= 0.6 is 0 Å². The Morgan fingerprint density at radius 2 is 1.24 bits per heavy atom. The van der Waals surface area contributed by atoms with Crippen molar-refractivity contribution in [1.29, 1.82) is 0 Å². The Labute approximate surface area is 440 Å². The van der Waals surface area contributed by atoms with Crippen LogP contribution in [0.1, 0.15) is 151 Å². The van der Waals surface area contributed by atoms with Crippen LogP contribution in [0.25, 0.3) is 83.9 Å². The molecule has 0 atom stereocenters. The van der Waals surface area contributed by atoms with Crippen LogP contribution in [0.15, 0.2) is 158 Å². The lowest BCUT2D eigenvalue weighted by Gasteiger charge is -2.26. The summed E-state index contributed by atoms with van der Waals surface area (Å²) >= 11 is 0. The number of hydrogen-bond donors (Lipinski definition) is 1. The fourth-order valence-electron chi connectivity index (χ4n) is 9.66. The van der Waals surface area contributed by atoms with Gasteiger partial charge in [-0.25, -0.2) is 4.98 Å². The summed E-state index contributed by atoms with van der Waals surface area (Å²) in [6.45, 7) is 8.29. The molecule has 0 aliphatic carbocycles. The highest BCUT2D eigenvalue weighted by molar-refractivity contribution is 5.97. The van der Waals surface area contributed by atoms with Gasteiger partial charge in [-0.3, -0.25) is 9.55 Å². The average molecular weight is 946 g/mol. The number of phenolic OH excluding ortho intramolecular Hbond substituents is 1. The number of para-hydroxylation sites is 1. The summed E-state index contributed by atoms with van der Waals surface area (Å²) in [4.78, 5) is 10.4. The molecule has 0 amide bonds. The molecule has 9 rings (SSSR count). The Kier molecular flexibility index (Phi) is 9.43. The van der Waals surface area contributed by atoms with E-state index in [0.717, 1.165) is 61.2 Å². The minimum absolute atomic E-state index is 0.0601. The Bertz CT molecular complexity index is 3850. The summed E-state index contributed by atoms with van der Waals surface area (Å²) < 4.78 is 104. The molecule has 0 fully saturated rings. The van der Waals surface area contributed by atoms with Crippen molar-refractivity contribution in [2.24, 2.45) is 0 Å². The predicted molar refractivity (Wildman–Crippen MR) is 302 cm³/mol. The van der Waals surface area contributed by atoms with Crippen LogP contribution in [0.4, 0.5) is 0 Å². The predicted octanol–water partition coefficient (Wildman–Crippen LogP) is 18.6. The molecule has 0 bridgehead atoms. The standard InChI is InChI=1S/C67H71N3O/c1-41(2)48-38-55(42(3)4)63(71)56(39-48)64-69-62-54(49-35-50(37-52(36-49)66(9,10)11)58-40-46(32-33-68-58)44-26-29-51(30-27-44)65(6,7)8)23-19-25-60(62)70(64)59-31-28-47(34-43(59)5)61-53(45-20-16-15-17-21-45)22-18-24-57(61)67(12,13)14/h15-42,71H,1-14H3/i5D3,6D3,7D3,8D3. The normalized spacial score (nSPS) is 15.6. The van der Waals surface area contributed by atoms with Crippen LogP contribution in [0.3, 0.4) is 0 Å². The molecule has 71 heavy (non-hydrogen) atoms. The van der Waals surface area contributed by atoms with E-state index in [-0.39, 0.29) is 39.5 Å². The third-order valence-electron chi connectivity index (χ3n) is 13.7. The second-order valence-corrected chi connectivity index (χ2v) is 21.6. The van der Waals surface area contributed by atoms with Gasteiger partial charge in [-0.2, -0.15) is 0 Å². The number of phenols is 1. The van der Waals surface area contributed by atoms with Crippen molar-refractivity contribution < 1.29 is 21.6 Å². The summed E-state index contributed by atoms with van der Waals surface area (Å²) in [5.41, 5.74) is 9.53. The topological polar surface area (TPSA) is 50.9 Å². The van der Waals surface area contributed by atoms with Crippen LogP contribution in [0, 0.1) is 6.85 Å². The zero-order valence-corrected chi connectivity index (χ0v) is 42.5. The molecule has 360 valence electrons. The molecule has 7 aromatic carbocycles. The molecule has 0 aliphatic heterocycles. The zero-order valence-electron chi connectivity index (χ0n) is 54.5. The summed E-state index contributed by atoms with van der Waals surface area (Å²) in [7, 11) is 0. The van der Waals surface area contributed by atoms with Crippen LogP contribution in [0.2, 0.25) is 0 Å². The lowest BCUT2D eigenvalue weighted by molar-refractivity contribution is 0.466. The van der Waals surface area contributed by atoms with E-state index in [1.54, 1.807) is 18.3 Å². The van der Waals surface area contributed by atoms with Crippen LogP contribution in [-0.4, -0.2) is 19.6 Å². The van der Waals surface area contributed by atoms with E-state index in [0.29, 0.717) is 44.9 Å². The minimum Gasteiger partial charge on any atom is -0.507 e. The first-order valence-electron chi connectivity index (χ1n) is 30.5. The number of nitrogens with zero attached hydrogens (tertiary/aromatic N) is 3.